The van der Waals surface area contributed by atoms with Crippen LogP contribution in [0.2, 0.25) is 0 Å². The van der Waals surface area contributed by atoms with Gasteiger partial charge in [-0.1, -0.05) is 12.1 Å². The SMILES string of the molecule is Cc1cccc(OCCN(C)CC(=O)Nc2nccs2)c1. The lowest BCUT2D eigenvalue weighted by molar-refractivity contribution is -0.117. The van der Waals surface area contributed by atoms with Gasteiger partial charge < -0.3 is 10.1 Å². The Morgan fingerprint density at radius 3 is 3.05 bits per heavy atom. The van der Waals surface area contributed by atoms with Gasteiger partial charge in [-0.15, -0.1) is 11.3 Å². The van der Waals surface area contributed by atoms with Crippen LogP contribution in [0.3, 0.4) is 0 Å². The Kier molecular flexibility index (Phi) is 5.71. The first-order valence-electron chi connectivity index (χ1n) is 6.71. The highest BCUT2D eigenvalue weighted by Crippen LogP contribution is 2.12. The molecule has 1 aromatic heterocycles. The first kappa shape index (κ1) is 15.5. The summed E-state index contributed by atoms with van der Waals surface area (Å²) >= 11 is 1.41. The predicted octanol–water partition coefficient (Wildman–Crippen LogP) is 2.40. The van der Waals surface area contributed by atoms with Crippen molar-refractivity contribution in [3.05, 3.63) is 41.4 Å². The van der Waals surface area contributed by atoms with Crippen LogP contribution in [0.1, 0.15) is 5.56 Å². The summed E-state index contributed by atoms with van der Waals surface area (Å²) < 4.78 is 5.66. The van der Waals surface area contributed by atoms with Crippen LogP contribution < -0.4 is 10.1 Å². The topological polar surface area (TPSA) is 54.5 Å². The van der Waals surface area contributed by atoms with E-state index in [1.165, 1.54) is 16.9 Å². The highest BCUT2D eigenvalue weighted by Gasteiger charge is 2.08. The standard InChI is InChI=1S/C15H19N3O2S/c1-12-4-3-5-13(10-12)20-8-7-18(2)11-14(19)17-15-16-6-9-21-15/h3-6,9-10H,7-8,11H2,1-2H3,(H,16,17,19). The van der Waals surface area contributed by atoms with Crippen molar-refractivity contribution < 1.29 is 9.53 Å². The number of hydrogen-bond donors (Lipinski definition) is 1. The van der Waals surface area contributed by atoms with E-state index in [-0.39, 0.29) is 5.91 Å². The second-order valence-corrected chi connectivity index (χ2v) is 5.68. The minimum Gasteiger partial charge on any atom is -0.492 e. The summed E-state index contributed by atoms with van der Waals surface area (Å²) in [6, 6.07) is 7.93. The monoisotopic (exact) mass is 305 g/mol. The Balaban J connectivity index is 1.67. The summed E-state index contributed by atoms with van der Waals surface area (Å²) in [4.78, 5) is 17.7. The van der Waals surface area contributed by atoms with E-state index in [4.69, 9.17) is 4.74 Å². The molecule has 0 atom stereocenters. The molecular formula is C15H19N3O2S. The average Bonchev–Trinajstić information content (AvgIpc) is 2.91. The van der Waals surface area contributed by atoms with Crippen molar-refractivity contribution in [3.8, 4) is 5.75 Å². The van der Waals surface area contributed by atoms with Crippen molar-refractivity contribution in [2.45, 2.75) is 6.92 Å². The minimum absolute atomic E-state index is 0.0667. The summed E-state index contributed by atoms with van der Waals surface area (Å²) in [7, 11) is 1.89. The smallest absolute Gasteiger partial charge is 0.240 e. The van der Waals surface area contributed by atoms with Gasteiger partial charge in [0.2, 0.25) is 5.91 Å². The fourth-order valence-corrected chi connectivity index (χ4v) is 2.34. The number of rotatable bonds is 7. The Hall–Kier alpha value is -1.92. The van der Waals surface area contributed by atoms with Gasteiger partial charge in [0.15, 0.2) is 5.13 Å². The Bertz CT molecular complexity index is 572. The van der Waals surface area contributed by atoms with E-state index in [1.807, 2.05) is 48.5 Å². The molecule has 0 saturated heterocycles. The fraction of sp³-hybridized carbons (Fsp3) is 0.333. The molecule has 2 aromatic rings. The Labute approximate surface area is 128 Å². The van der Waals surface area contributed by atoms with Gasteiger partial charge in [0, 0.05) is 18.1 Å². The van der Waals surface area contributed by atoms with Crippen LogP contribution in [0.25, 0.3) is 0 Å². The van der Waals surface area contributed by atoms with Gasteiger partial charge >= 0.3 is 0 Å². The number of ether oxygens (including phenoxy) is 1. The molecule has 2 rings (SSSR count). The number of amides is 1. The van der Waals surface area contributed by atoms with Crippen LogP contribution in [0, 0.1) is 6.92 Å². The van der Waals surface area contributed by atoms with Crippen LogP contribution in [0.15, 0.2) is 35.8 Å². The predicted molar refractivity (Wildman–Crippen MR) is 84.9 cm³/mol. The lowest BCUT2D eigenvalue weighted by Crippen LogP contribution is -2.33. The molecule has 6 heteroatoms. The fourth-order valence-electron chi connectivity index (χ4n) is 1.79. The highest BCUT2D eigenvalue weighted by molar-refractivity contribution is 7.13. The van der Waals surface area contributed by atoms with Gasteiger partial charge in [0.05, 0.1) is 6.54 Å². The molecule has 0 fully saturated rings. The number of anilines is 1. The number of thiazole rings is 1. The van der Waals surface area contributed by atoms with Crippen molar-refractivity contribution in [2.24, 2.45) is 0 Å². The van der Waals surface area contributed by atoms with Gasteiger partial charge in [-0.25, -0.2) is 4.98 Å². The van der Waals surface area contributed by atoms with Gasteiger partial charge in [-0.05, 0) is 31.7 Å². The number of carbonyl (C=O) groups excluding carboxylic acids is 1. The quantitative estimate of drug-likeness (QED) is 0.853. The van der Waals surface area contributed by atoms with Gasteiger partial charge in [-0.2, -0.15) is 0 Å². The van der Waals surface area contributed by atoms with E-state index in [9.17, 15) is 4.79 Å². The van der Waals surface area contributed by atoms with Crippen molar-refractivity contribution in [2.75, 3.05) is 32.1 Å². The number of likely N-dealkylation sites (N-methyl/N-ethyl adjacent to an activating group) is 1. The molecule has 112 valence electrons. The molecule has 21 heavy (non-hydrogen) atoms. The molecule has 5 nitrogen and oxygen atoms in total. The normalized spacial score (nSPS) is 10.6. The molecule has 0 saturated carbocycles. The van der Waals surface area contributed by atoms with E-state index in [1.54, 1.807) is 6.20 Å². The summed E-state index contributed by atoms with van der Waals surface area (Å²) in [5.74, 6) is 0.790. The highest BCUT2D eigenvalue weighted by atomic mass is 32.1. The summed E-state index contributed by atoms with van der Waals surface area (Å²) in [5.41, 5.74) is 1.17. The molecule has 0 spiro atoms. The maximum atomic E-state index is 11.8. The van der Waals surface area contributed by atoms with E-state index in [0.29, 0.717) is 24.8 Å². The number of carbonyl (C=O) groups is 1. The minimum atomic E-state index is -0.0667. The van der Waals surface area contributed by atoms with E-state index in [0.717, 1.165) is 5.75 Å². The molecule has 0 aliphatic heterocycles. The third kappa shape index (κ3) is 5.53. The molecule has 0 aliphatic rings. The zero-order valence-corrected chi connectivity index (χ0v) is 13.0. The summed E-state index contributed by atoms with van der Waals surface area (Å²) in [5, 5.41) is 5.21. The number of nitrogens with zero attached hydrogens (tertiary/aromatic N) is 2. The third-order valence-electron chi connectivity index (χ3n) is 2.82. The van der Waals surface area contributed by atoms with Crippen molar-refractivity contribution >= 4 is 22.4 Å². The lowest BCUT2D eigenvalue weighted by Gasteiger charge is -2.16. The molecular weight excluding hydrogens is 286 g/mol. The molecule has 0 bridgehead atoms. The molecule has 0 aliphatic carbocycles. The largest absolute Gasteiger partial charge is 0.492 e. The molecule has 1 amide bonds. The summed E-state index contributed by atoms with van der Waals surface area (Å²) in [6.07, 6.45) is 1.67. The van der Waals surface area contributed by atoms with Crippen LogP contribution in [-0.4, -0.2) is 42.5 Å². The third-order valence-corrected chi connectivity index (χ3v) is 3.51. The van der Waals surface area contributed by atoms with Crippen molar-refractivity contribution in [3.63, 3.8) is 0 Å². The maximum Gasteiger partial charge on any atom is 0.240 e. The molecule has 1 aromatic carbocycles. The molecule has 0 radical (unpaired) electrons. The lowest BCUT2D eigenvalue weighted by atomic mass is 10.2. The van der Waals surface area contributed by atoms with E-state index in [2.05, 4.69) is 10.3 Å². The second kappa shape index (κ2) is 7.75. The molecule has 1 N–H and O–H groups in total. The first-order valence-corrected chi connectivity index (χ1v) is 7.59. The van der Waals surface area contributed by atoms with Gasteiger partial charge in [-0.3, -0.25) is 9.69 Å². The average molecular weight is 305 g/mol. The second-order valence-electron chi connectivity index (χ2n) is 4.79. The zero-order valence-electron chi connectivity index (χ0n) is 12.2. The number of nitrogens with one attached hydrogen (secondary N) is 1. The van der Waals surface area contributed by atoms with Crippen molar-refractivity contribution in [1.29, 1.82) is 0 Å². The van der Waals surface area contributed by atoms with Crippen LogP contribution in [0.4, 0.5) is 5.13 Å². The summed E-state index contributed by atoms with van der Waals surface area (Å²) in [6.45, 7) is 3.57. The number of benzene rings is 1. The first-order chi connectivity index (χ1) is 10.1. The molecule has 0 unspecified atom stereocenters. The maximum absolute atomic E-state index is 11.8. The van der Waals surface area contributed by atoms with E-state index < -0.39 is 0 Å². The van der Waals surface area contributed by atoms with Crippen molar-refractivity contribution in [1.82, 2.24) is 9.88 Å². The number of aromatic nitrogens is 1. The number of hydrogen-bond acceptors (Lipinski definition) is 5. The Morgan fingerprint density at radius 1 is 1.48 bits per heavy atom. The zero-order chi connectivity index (χ0) is 15.1. The van der Waals surface area contributed by atoms with Gasteiger partial charge in [0.25, 0.3) is 0 Å². The molecule has 1 heterocycles. The number of aryl methyl sites for hydroxylation is 1. The van der Waals surface area contributed by atoms with Crippen LogP contribution >= 0.6 is 11.3 Å². The van der Waals surface area contributed by atoms with Crippen LogP contribution in [-0.2, 0) is 4.79 Å². The Morgan fingerprint density at radius 2 is 2.33 bits per heavy atom. The van der Waals surface area contributed by atoms with Crippen LogP contribution in [0.5, 0.6) is 5.75 Å². The van der Waals surface area contributed by atoms with E-state index >= 15 is 0 Å². The van der Waals surface area contributed by atoms with Gasteiger partial charge in [0.1, 0.15) is 12.4 Å².